The van der Waals surface area contributed by atoms with Gasteiger partial charge in [0.05, 0.1) is 16.7 Å². The molecule has 1 amide bonds. The summed E-state index contributed by atoms with van der Waals surface area (Å²) in [4.78, 5) is 28.9. The van der Waals surface area contributed by atoms with Crippen LogP contribution in [-0.4, -0.2) is 22.4 Å². The predicted octanol–water partition coefficient (Wildman–Crippen LogP) is 4.77. The van der Waals surface area contributed by atoms with Crippen LogP contribution in [0.1, 0.15) is 5.56 Å². The highest BCUT2D eigenvalue weighted by Gasteiger charge is 2.10. The third kappa shape index (κ3) is 4.96. The van der Waals surface area contributed by atoms with Crippen molar-refractivity contribution in [1.82, 2.24) is 4.98 Å². The summed E-state index contributed by atoms with van der Waals surface area (Å²) in [5, 5.41) is 3.34. The van der Waals surface area contributed by atoms with Crippen LogP contribution < -0.4 is 10.9 Å². The Kier molecular flexibility index (Phi) is 6.25. The minimum Gasteiger partial charge on any atom is -0.403 e. The van der Waals surface area contributed by atoms with Crippen LogP contribution in [0.25, 0.3) is 22.4 Å². The van der Waals surface area contributed by atoms with E-state index in [4.69, 9.17) is 4.42 Å². The summed E-state index contributed by atoms with van der Waals surface area (Å²) >= 11 is 1.60. The van der Waals surface area contributed by atoms with Gasteiger partial charge < -0.3 is 9.73 Å². The SMILES string of the molecule is O=C(CSCCc1ccccc1)Nc1cccc(-c2nc3ccccc3c(=O)o2)c1. The van der Waals surface area contributed by atoms with Crippen molar-refractivity contribution in [2.75, 3.05) is 16.8 Å². The Balaban J connectivity index is 1.39. The Labute approximate surface area is 178 Å². The maximum absolute atomic E-state index is 12.3. The molecule has 0 aliphatic rings. The summed E-state index contributed by atoms with van der Waals surface area (Å²) < 4.78 is 5.37. The number of benzene rings is 3. The number of thioether (sulfide) groups is 1. The van der Waals surface area contributed by atoms with Crippen LogP contribution in [0.4, 0.5) is 5.69 Å². The molecule has 1 heterocycles. The van der Waals surface area contributed by atoms with E-state index in [1.807, 2.05) is 24.3 Å². The molecule has 0 atom stereocenters. The maximum Gasteiger partial charge on any atom is 0.347 e. The summed E-state index contributed by atoms with van der Waals surface area (Å²) in [5.74, 6) is 1.41. The summed E-state index contributed by atoms with van der Waals surface area (Å²) in [6.45, 7) is 0. The van der Waals surface area contributed by atoms with Gasteiger partial charge in [0.1, 0.15) is 0 Å². The second-order valence-electron chi connectivity index (χ2n) is 6.74. The third-order valence-corrected chi connectivity index (χ3v) is 5.50. The van der Waals surface area contributed by atoms with Crippen molar-refractivity contribution in [2.45, 2.75) is 6.42 Å². The lowest BCUT2D eigenvalue weighted by molar-refractivity contribution is -0.113. The van der Waals surface area contributed by atoms with Gasteiger partial charge in [-0.3, -0.25) is 4.79 Å². The minimum atomic E-state index is -0.431. The second kappa shape index (κ2) is 9.41. The van der Waals surface area contributed by atoms with Crippen LogP contribution in [0, 0.1) is 0 Å². The van der Waals surface area contributed by atoms with E-state index >= 15 is 0 Å². The van der Waals surface area contributed by atoms with Crippen molar-refractivity contribution in [1.29, 1.82) is 0 Å². The van der Waals surface area contributed by atoms with Crippen molar-refractivity contribution >= 4 is 34.3 Å². The van der Waals surface area contributed by atoms with E-state index in [0.717, 1.165) is 12.2 Å². The molecule has 150 valence electrons. The van der Waals surface area contributed by atoms with Crippen LogP contribution in [0.3, 0.4) is 0 Å². The smallest absolute Gasteiger partial charge is 0.347 e. The fraction of sp³-hybridized carbons (Fsp3) is 0.125. The first-order valence-electron chi connectivity index (χ1n) is 9.61. The van der Waals surface area contributed by atoms with Gasteiger partial charge in [-0.2, -0.15) is 11.8 Å². The molecule has 0 aliphatic heterocycles. The highest BCUT2D eigenvalue weighted by molar-refractivity contribution is 7.99. The fourth-order valence-electron chi connectivity index (χ4n) is 3.07. The molecule has 5 nitrogen and oxygen atoms in total. The first-order chi connectivity index (χ1) is 14.7. The lowest BCUT2D eigenvalue weighted by Gasteiger charge is -2.07. The van der Waals surface area contributed by atoms with Crippen LogP contribution in [0.15, 0.2) is 88.1 Å². The Morgan fingerprint density at radius 1 is 0.967 bits per heavy atom. The summed E-state index contributed by atoms with van der Waals surface area (Å²) in [6.07, 6.45) is 0.931. The maximum atomic E-state index is 12.3. The average Bonchev–Trinajstić information content (AvgIpc) is 2.78. The Hall–Kier alpha value is -3.38. The molecule has 0 unspecified atom stereocenters. The van der Waals surface area contributed by atoms with Crippen molar-refractivity contribution < 1.29 is 9.21 Å². The number of aryl methyl sites for hydroxylation is 1. The number of carbonyl (C=O) groups excluding carboxylic acids is 1. The van der Waals surface area contributed by atoms with Crippen LogP contribution in [0.5, 0.6) is 0 Å². The monoisotopic (exact) mass is 416 g/mol. The molecule has 3 aromatic carbocycles. The van der Waals surface area contributed by atoms with Gasteiger partial charge in [0.15, 0.2) is 0 Å². The zero-order valence-electron chi connectivity index (χ0n) is 16.2. The summed E-state index contributed by atoms with van der Waals surface area (Å²) in [5.41, 5.74) is 2.68. The Morgan fingerprint density at radius 2 is 1.77 bits per heavy atom. The highest BCUT2D eigenvalue weighted by Crippen LogP contribution is 2.22. The fourth-order valence-corrected chi connectivity index (χ4v) is 3.85. The van der Waals surface area contributed by atoms with Gasteiger partial charge >= 0.3 is 5.63 Å². The van der Waals surface area contributed by atoms with Gasteiger partial charge in [-0.15, -0.1) is 0 Å². The molecule has 30 heavy (non-hydrogen) atoms. The number of nitrogens with zero attached hydrogens (tertiary/aromatic N) is 1. The molecule has 0 bridgehead atoms. The van der Waals surface area contributed by atoms with Gasteiger partial charge in [-0.1, -0.05) is 48.5 Å². The Morgan fingerprint density at radius 3 is 2.63 bits per heavy atom. The lowest BCUT2D eigenvalue weighted by atomic mass is 10.2. The molecule has 4 aromatic rings. The van der Waals surface area contributed by atoms with Crippen molar-refractivity contribution in [2.24, 2.45) is 0 Å². The van der Waals surface area contributed by atoms with Gasteiger partial charge in [-0.25, -0.2) is 9.78 Å². The number of carbonyl (C=O) groups is 1. The number of amides is 1. The molecular formula is C24H20N2O3S. The number of aromatic nitrogens is 1. The van der Waals surface area contributed by atoms with Gasteiger partial charge in [-0.05, 0) is 48.1 Å². The zero-order valence-corrected chi connectivity index (χ0v) is 17.0. The van der Waals surface area contributed by atoms with Crippen molar-refractivity contribution in [3.05, 3.63) is 94.8 Å². The van der Waals surface area contributed by atoms with E-state index in [9.17, 15) is 9.59 Å². The van der Waals surface area contributed by atoms with Crippen LogP contribution in [-0.2, 0) is 11.2 Å². The molecule has 0 spiro atoms. The highest BCUT2D eigenvalue weighted by atomic mass is 32.2. The number of hydrogen-bond acceptors (Lipinski definition) is 5. The number of rotatable bonds is 7. The molecule has 1 N–H and O–H groups in total. The number of para-hydroxylation sites is 1. The largest absolute Gasteiger partial charge is 0.403 e. The predicted molar refractivity (Wildman–Crippen MR) is 122 cm³/mol. The van der Waals surface area contributed by atoms with E-state index in [0.29, 0.717) is 27.9 Å². The number of fused-ring (bicyclic) bond motifs is 1. The average molecular weight is 417 g/mol. The molecule has 1 aromatic heterocycles. The van der Waals surface area contributed by atoms with E-state index in [1.165, 1.54) is 5.56 Å². The molecular weight excluding hydrogens is 396 g/mol. The summed E-state index contributed by atoms with van der Waals surface area (Å²) in [7, 11) is 0. The van der Waals surface area contributed by atoms with Gasteiger partial charge in [0.2, 0.25) is 11.8 Å². The lowest BCUT2D eigenvalue weighted by Crippen LogP contribution is -2.14. The summed E-state index contributed by atoms with van der Waals surface area (Å²) in [6, 6.07) is 24.4. The Bertz CT molecular complexity index is 1220. The molecule has 6 heteroatoms. The molecule has 0 saturated heterocycles. The van der Waals surface area contributed by atoms with Crippen LogP contribution >= 0.6 is 11.8 Å². The first kappa shape index (κ1) is 19.9. The van der Waals surface area contributed by atoms with E-state index in [1.54, 1.807) is 54.2 Å². The van der Waals surface area contributed by atoms with Crippen molar-refractivity contribution in [3.8, 4) is 11.5 Å². The van der Waals surface area contributed by atoms with Gasteiger partial charge in [0.25, 0.3) is 0 Å². The van der Waals surface area contributed by atoms with E-state index < -0.39 is 5.63 Å². The normalized spacial score (nSPS) is 10.8. The molecule has 0 radical (unpaired) electrons. The molecule has 0 saturated carbocycles. The number of nitrogens with one attached hydrogen (secondary N) is 1. The van der Waals surface area contributed by atoms with E-state index in [2.05, 4.69) is 22.4 Å². The first-order valence-corrected chi connectivity index (χ1v) is 10.8. The quantitative estimate of drug-likeness (QED) is 0.440. The standard InChI is InChI=1S/C24H20N2O3S/c27-22(16-30-14-13-17-7-2-1-3-8-17)25-19-10-6-9-18(15-19)23-26-21-12-5-4-11-20(21)24(28)29-23/h1-12,15H,13-14,16H2,(H,25,27). The van der Waals surface area contributed by atoms with E-state index in [-0.39, 0.29) is 11.8 Å². The molecule has 0 aliphatic carbocycles. The molecule has 4 rings (SSSR count). The van der Waals surface area contributed by atoms with Crippen LogP contribution in [0.2, 0.25) is 0 Å². The second-order valence-corrected chi connectivity index (χ2v) is 7.85. The minimum absolute atomic E-state index is 0.0712. The topological polar surface area (TPSA) is 72.2 Å². The molecule has 0 fully saturated rings. The zero-order chi connectivity index (χ0) is 20.8. The third-order valence-electron chi connectivity index (χ3n) is 4.54. The number of hydrogen-bond donors (Lipinski definition) is 1. The van der Waals surface area contributed by atoms with Gasteiger partial charge in [0, 0.05) is 11.3 Å². The van der Waals surface area contributed by atoms with Crippen molar-refractivity contribution in [3.63, 3.8) is 0 Å². The number of anilines is 1.